The van der Waals surface area contributed by atoms with Gasteiger partial charge in [-0.2, -0.15) is 0 Å². The first-order valence-electron chi connectivity index (χ1n) is 8.84. The fourth-order valence-electron chi connectivity index (χ4n) is 4.12. The van der Waals surface area contributed by atoms with Gasteiger partial charge in [-0.25, -0.2) is 0 Å². The van der Waals surface area contributed by atoms with Gasteiger partial charge in [0.15, 0.2) is 0 Å². The Morgan fingerprint density at radius 2 is 1.42 bits per heavy atom. The van der Waals surface area contributed by atoms with Crippen LogP contribution in [0, 0.1) is 0 Å². The molecule has 0 amide bonds. The van der Waals surface area contributed by atoms with Crippen LogP contribution in [0.5, 0.6) is 0 Å². The maximum Gasteiger partial charge on any atom is 0.0297 e. The lowest BCUT2D eigenvalue weighted by Gasteiger charge is -2.34. The molecule has 0 atom stereocenters. The van der Waals surface area contributed by atoms with Gasteiger partial charge in [-0.05, 0) is 54.6 Å². The molecule has 0 bridgehead atoms. The molecule has 1 aliphatic rings. The van der Waals surface area contributed by atoms with E-state index < -0.39 is 0 Å². The van der Waals surface area contributed by atoms with Crippen molar-refractivity contribution in [2.75, 3.05) is 0 Å². The molecule has 0 aliphatic heterocycles. The van der Waals surface area contributed by atoms with Gasteiger partial charge in [-0.1, -0.05) is 85.7 Å². The van der Waals surface area contributed by atoms with Gasteiger partial charge in [0.2, 0.25) is 0 Å². The molecule has 2 aromatic carbocycles. The van der Waals surface area contributed by atoms with Crippen LogP contribution in [0.25, 0.3) is 11.1 Å². The Morgan fingerprint density at radius 3 is 1.96 bits per heavy atom. The van der Waals surface area contributed by atoms with Crippen LogP contribution in [0.1, 0.15) is 77.6 Å². The maximum absolute atomic E-state index is 4.03. The third-order valence-corrected chi connectivity index (χ3v) is 6.16. The summed E-state index contributed by atoms with van der Waals surface area (Å²) in [5.74, 6) is 0. The first-order valence-corrected chi connectivity index (χ1v) is 9.64. The highest BCUT2D eigenvalue weighted by Gasteiger charge is 2.40. The van der Waals surface area contributed by atoms with E-state index in [4.69, 9.17) is 0 Å². The second kappa shape index (κ2) is 5.21. The SMILES string of the molecule is CC(C)(C)c1cc2c(c(Br)c1C(C)(C)C)-c1ccccc1C2(C)C. The van der Waals surface area contributed by atoms with Crippen molar-refractivity contribution in [2.45, 2.75) is 71.6 Å². The van der Waals surface area contributed by atoms with Crippen LogP contribution in [0.2, 0.25) is 0 Å². The zero-order chi connectivity index (χ0) is 18.1. The van der Waals surface area contributed by atoms with Crippen LogP contribution >= 0.6 is 15.9 Å². The van der Waals surface area contributed by atoms with E-state index in [1.807, 2.05) is 0 Å². The van der Waals surface area contributed by atoms with E-state index in [0.717, 1.165) is 0 Å². The van der Waals surface area contributed by atoms with Crippen molar-refractivity contribution >= 4 is 15.9 Å². The quantitative estimate of drug-likeness (QED) is 0.445. The van der Waals surface area contributed by atoms with Crippen molar-refractivity contribution in [1.82, 2.24) is 0 Å². The maximum atomic E-state index is 4.03. The summed E-state index contributed by atoms with van der Waals surface area (Å²) in [5, 5.41) is 0. The number of benzene rings is 2. The lowest BCUT2D eigenvalue weighted by atomic mass is 9.72. The number of hydrogen-bond acceptors (Lipinski definition) is 0. The molecule has 0 saturated heterocycles. The number of fused-ring (bicyclic) bond motifs is 3. The predicted octanol–water partition coefficient (Wildman–Crippen LogP) is 7.35. The van der Waals surface area contributed by atoms with Crippen molar-refractivity contribution in [3.63, 3.8) is 0 Å². The third kappa shape index (κ3) is 2.47. The minimum Gasteiger partial charge on any atom is -0.0619 e. The Balaban J connectivity index is 2.48. The smallest absolute Gasteiger partial charge is 0.0297 e. The van der Waals surface area contributed by atoms with Crippen LogP contribution in [-0.4, -0.2) is 0 Å². The Bertz CT molecular complexity index is 811. The van der Waals surface area contributed by atoms with Gasteiger partial charge in [0.05, 0.1) is 0 Å². The summed E-state index contributed by atoms with van der Waals surface area (Å²) in [5.41, 5.74) is 8.83. The Kier molecular flexibility index (Phi) is 3.85. The molecule has 128 valence electrons. The highest BCUT2D eigenvalue weighted by molar-refractivity contribution is 9.10. The van der Waals surface area contributed by atoms with E-state index >= 15 is 0 Å². The molecule has 2 aromatic rings. The molecule has 1 aliphatic carbocycles. The molecule has 24 heavy (non-hydrogen) atoms. The largest absolute Gasteiger partial charge is 0.0619 e. The second-order valence-electron chi connectivity index (χ2n) is 9.71. The standard InChI is InChI=1S/C23H29Br/c1-21(2,3)17-13-16-18(20(24)19(17)22(4,5)6)14-11-9-10-12-15(14)23(16,7)8/h9-13H,1-8H3. The van der Waals surface area contributed by atoms with Crippen molar-refractivity contribution in [1.29, 1.82) is 0 Å². The van der Waals surface area contributed by atoms with Gasteiger partial charge < -0.3 is 0 Å². The summed E-state index contributed by atoms with van der Waals surface area (Å²) in [4.78, 5) is 0. The molecular weight excluding hydrogens is 356 g/mol. The molecule has 1 heteroatoms. The fraction of sp³-hybridized carbons (Fsp3) is 0.478. The van der Waals surface area contributed by atoms with Crippen LogP contribution in [0.15, 0.2) is 34.8 Å². The Labute approximate surface area is 155 Å². The summed E-state index contributed by atoms with van der Waals surface area (Å²) < 4.78 is 1.29. The van der Waals surface area contributed by atoms with Gasteiger partial charge in [0.25, 0.3) is 0 Å². The van der Waals surface area contributed by atoms with Crippen LogP contribution < -0.4 is 0 Å². The first-order chi connectivity index (χ1) is 10.9. The van der Waals surface area contributed by atoms with Gasteiger partial charge in [0, 0.05) is 15.5 Å². The molecule has 0 spiro atoms. The summed E-state index contributed by atoms with van der Waals surface area (Å²) >= 11 is 4.03. The van der Waals surface area contributed by atoms with E-state index in [0.29, 0.717) is 0 Å². The van der Waals surface area contributed by atoms with Crippen LogP contribution in [-0.2, 0) is 16.2 Å². The van der Waals surface area contributed by atoms with Crippen LogP contribution in [0.4, 0.5) is 0 Å². The Morgan fingerprint density at radius 1 is 0.833 bits per heavy atom. The average Bonchev–Trinajstić information content (AvgIpc) is 2.66. The van der Waals surface area contributed by atoms with Crippen molar-refractivity contribution in [3.05, 3.63) is 57.1 Å². The second-order valence-corrected chi connectivity index (χ2v) is 10.5. The molecule has 0 nitrogen and oxygen atoms in total. The zero-order valence-corrected chi connectivity index (χ0v) is 17.9. The summed E-state index contributed by atoms with van der Waals surface area (Å²) in [6, 6.07) is 11.4. The lowest BCUT2D eigenvalue weighted by Crippen LogP contribution is -2.25. The molecule has 3 rings (SSSR count). The highest BCUT2D eigenvalue weighted by atomic mass is 79.9. The minimum atomic E-state index is 0.0465. The third-order valence-electron chi connectivity index (χ3n) is 5.37. The van der Waals surface area contributed by atoms with Gasteiger partial charge in [-0.15, -0.1) is 0 Å². The molecule has 0 heterocycles. The molecule has 0 saturated carbocycles. The first kappa shape index (κ1) is 17.7. The van der Waals surface area contributed by atoms with E-state index in [9.17, 15) is 0 Å². The topological polar surface area (TPSA) is 0 Å². The monoisotopic (exact) mass is 384 g/mol. The average molecular weight is 385 g/mol. The highest BCUT2D eigenvalue weighted by Crippen LogP contribution is 2.55. The number of hydrogen-bond donors (Lipinski definition) is 0. The molecular formula is C23H29Br. The molecule has 0 aromatic heterocycles. The minimum absolute atomic E-state index is 0.0465. The van der Waals surface area contributed by atoms with Crippen molar-refractivity contribution < 1.29 is 0 Å². The van der Waals surface area contributed by atoms with Crippen molar-refractivity contribution in [2.24, 2.45) is 0 Å². The number of rotatable bonds is 0. The number of halogens is 1. The normalized spacial score (nSPS) is 16.0. The fourth-order valence-corrected chi connectivity index (χ4v) is 5.36. The Hall–Kier alpha value is -1.08. The zero-order valence-electron chi connectivity index (χ0n) is 16.3. The molecule has 0 radical (unpaired) electrons. The summed E-state index contributed by atoms with van der Waals surface area (Å²) in [7, 11) is 0. The van der Waals surface area contributed by atoms with Crippen LogP contribution in [0.3, 0.4) is 0 Å². The molecule has 0 unspecified atom stereocenters. The van der Waals surface area contributed by atoms with Crippen molar-refractivity contribution in [3.8, 4) is 11.1 Å². The van der Waals surface area contributed by atoms with E-state index in [1.54, 1.807) is 0 Å². The van der Waals surface area contributed by atoms with Gasteiger partial charge >= 0.3 is 0 Å². The molecule has 0 N–H and O–H groups in total. The summed E-state index contributed by atoms with van der Waals surface area (Å²) in [6.45, 7) is 18.6. The van der Waals surface area contributed by atoms with E-state index in [1.165, 1.54) is 37.9 Å². The molecule has 0 fully saturated rings. The predicted molar refractivity (Wildman–Crippen MR) is 109 cm³/mol. The van der Waals surface area contributed by atoms with Gasteiger partial charge in [0.1, 0.15) is 0 Å². The lowest BCUT2D eigenvalue weighted by molar-refractivity contribution is 0.525. The van der Waals surface area contributed by atoms with E-state index in [2.05, 4.69) is 102 Å². The summed E-state index contributed by atoms with van der Waals surface area (Å²) in [6.07, 6.45) is 0. The van der Waals surface area contributed by atoms with E-state index in [-0.39, 0.29) is 16.2 Å². The van der Waals surface area contributed by atoms with Gasteiger partial charge in [-0.3, -0.25) is 0 Å².